The number of benzene rings is 2. The van der Waals surface area contributed by atoms with Crippen molar-refractivity contribution in [3.8, 4) is 0 Å². The lowest BCUT2D eigenvalue weighted by molar-refractivity contribution is -0.139. The summed E-state index contributed by atoms with van der Waals surface area (Å²) >= 11 is 6.54. The smallest absolute Gasteiger partial charge is 0.314 e. The first kappa shape index (κ1) is 19.3. The molecule has 5 nitrogen and oxygen atoms in total. The van der Waals surface area contributed by atoms with Crippen LogP contribution in [0.25, 0.3) is 0 Å². The van der Waals surface area contributed by atoms with Gasteiger partial charge in [-0.25, -0.2) is 8.42 Å². The number of esters is 1. The van der Waals surface area contributed by atoms with Gasteiger partial charge in [-0.2, -0.15) is 0 Å². The molecule has 2 heterocycles. The Morgan fingerprint density at radius 2 is 1.68 bits per heavy atom. The summed E-state index contributed by atoms with van der Waals surface area (Å²) in [5, 5.41) is 0.644. The third-order valence-electron chi connectivity index (χ3n) is 5.58. The molecule has 7 heteroatoms. The largest absolute Gasteiger partial charge is 0.465 e. The first-order chi connectivity index (χ1) is 13.3. The molecule has 0 saturated carbocycles. The molecule has 0 bridgehead atoms. The number of cyclic esters (lactones) is 1. The lowest BCUT2D eigenvalue weighted by atomic mass is 9.83. The van der Waals surface area contributed by atoms with E-state index in [9.17, 15) is 13.2 Å². The van der Waals surface area contributed by atoms with Gasteiger partial charge in [0.15, 0.2) is 9.84 Å². The molecule has 28 heavy (non-hydrogen) atoms. The first-order valence-electron chi connectivity index (χ1n) is 9.35. The fourth-order valence-electron chi connectivity index (χ4n) is 4.07. The number of rotatable bonds is 4. The van der Waals surface area contributed by atoms with E-state index in [4.69, 9.17) is 16.3 Å². The zero-order chi connectivity index (χ0) is 19.9. The number of hydrogen-bond donors (Lipinski definition) is 0. The van der Waals surface area contributed by atoms with Crippen LogP contribution in [0.5, 0.6) is 0 Å². The molecular weight excluding hydrogens is 398 g/mol. The molecule has 0 aliphatic carbocycles. The van der Waals surface area contributed by atoms with Crippen molar-refractivity contribution in [2.75, 3.05) is 30.9 Å². The van der Waals surface area contributed by atoms with Gasteiger partial charge in [-0.05, 0) is 48.2 Å². The molecule has 2 saturated heterocycles. The highest BCUT2D eigenvalue weighted by Crippen LogP contribution is 2.41. The fraction of sp³-hybridized carbons (Fsp3) is 0.381. The predicted octanol–water partition coefficient (Wildman–Crippen LogP) is 3.77. The third kappa shape index (κ3) is 3.63. The Morgan fingerprint density at radius 3 is 2.29 bits per heavy atom. The number of halogens is 1. The van der Waals surface area contributed by atoms with Crippen LogP contribution in [0.15, 0.2) is 47.4 Å². The van der Waals surface area contributed by atoms with Crippen LogP contribution < -0.4 is 4.90 Å². The van der Waals surface area contributed by atoms with Gasteiger partial charge < -0.3 is 9.64 Å². The van der Waals surface area contributed by atoms with Gasteiger partial charge in [0.05, 0.1) is 28.1 Å². The number of sulfone groups is 1. The van der Waals surface area contributed by atoms with Crippen molar-refractivity contribution in [2.24, 2.45) is 0 Å². The van der Waals surface area contributed by atoms with E-state index in [1.807, 2.05) is 18.2 Å². The van der Waals surface area contributed by atoms with Crippen molar-refractivity contribution in [1.82, 2.24) is 0 Å². The summed E-state index contributed by atoms with van der Waals surface area (Å²) in [6, 6.07) is 12.5. The SMILES string of the molecule is CS(=O)(=O)c1ccc(C2COC(=O)C2c2ccc(N3CCCC3)c(Cl)c2)cc1. The van der Waals surface area contributed by atoms with Gasteiger partial charge in [-0.1, -0.05) is 29.8 Å². The van der Waals surface area contributed by atoms with Crippen molar-refractivity contribution < 1.29 is 17.9 Å². The maximum Gasteiger partial charge on any atom is 0.314 e. The zero-order valence-corrected chi connectivity index (χ0v) is 17.2. The van der Waals surface area contributed by atoms with Crippen LogP contribution >= 0.6 is 11.6 Å². The number of ether oxygens (including phenoxy) is 1. The van der Waals surface area contributed by atoms with Crippen LogP contribution in [-0.2, 0) is 19.4 Å². The van der Waals surface area contributed by atoms with Crippen LogP contribution in [0.1, 0.15) is 35.8 Å². The lowest BCUT2D eigenvalue weighted by Crippen LogP contribution is -2.18. The molecule has 2 aliphatic rings. The standard InChI is InChI=1S/C21H22ClNO4S/c1-28(25,26)16-7-4-14(5-8-16)17-13-27-21(24)20(17)15-6-9-19(18(22)12-15)23-10-2-3-11-23/h4-9,12,17,20H,2-3,10-11,13H2,1H3. The van der Waals surface area contributed by atoms with Crippen LogP contribution in [-0.4, -0.2) is 40.3 Å². The van der Waals surface area contributed by atoms with E-state index in [-0.39, 0.29) is 23.4 Å². The molecule has 4 rings (SSSR count). The minimum atomic E-state index is -3.26. The molecule has 2 unspecified atom stereocenters. The van der Waals surface area contributed by atoms with Crippen LogP contribution in [0.3, 0.4) is 0 Å². The van der Waals surface area contributed by atoms with Gasteiger partial charge in [0.2, 0.25) is 0 Å². The van der Waals surface area contributed by atoms with Gasteiger partial charge in [0, 0.05) is 25.3 Å². The molecule has 0 amide bonds. The molecule has 2 fully saturated rings. The van der Waals surface area contributed by atoms with E-state index >= 15 is 0 Å². The predicted molar refractivity (Wildman–Crippen MR) is 109 cm³/mol. The molecule has 148 valence electrons. The van der Waals surface area contributed by atoms with Crippen LogP contribution in [0.2, 0.25) is 5.02 Å². The Kier molecular flexibility index (Phi) is 5.10. The summed E-state index contributed by atoms with van der Waals surface area (Å²) in [5.74, 6) is -0.897. The molecular formula is C21H22ClNO4S. The number of carbonyl (C=O) groups excluding carboxylic acids is 1. The highest BCUT2D eigenvalue weighted by atomic mass is 35.5. The Hall–Kier alpha value is -2.05. The molecule has 0 N–H and O–H groups in total. The highest BCUT2D eigenvalue weighted by molar-refractivity contribution is 7.90. The van der Waals surface area contributed by atoms with Crippen molar-refractivity contribution in [3.63, 3.8) is 0 Å². The Bertz CT molecular complexity index is 998. The summed E-state index contributed by atoms with van der Waals surface area (Å²) in [5.41, 5.74) is 2.71. The fourth-order valence-corrected chi connectivity index (χ4v) is 5.01. The minimum absolute atomic E-state index is 0.171. The van der Waals surface area contributed by atoms with Crippen molar-refractivity contribution in [3.05, 3.63) is 58.6 Å². The first-order valence-corrected chi connectivity index (χ1v) is 11.6. The lowest BCUT2D eigenvalue weighted by Gasteiger charge is -2.21. The quantitative estimate of drug-likeness (QED) is 0.706. The molecule has 2 aromatic carbocycles. The van der Waals surface area contributed by atoms with E-state index in [0.717, 1.165) is 29.9 Å². The van der Waals surface area contributed by atoms with Crippen LogP contribution in [0.4, 0.5) is 5.69 Å². The third-order valence-corrected chi connectivity index (χ3v) is 7.01. The van der Waals surface area contributed by atoms with Crippen molar-refractivity contribution >= 4 is 33.1 Å². The van der Waals surface area contributed by atoms with Gasteiger partial charge in [0.1, 0.15) is 0 Å². The summed E-state index contributed by atoms with van der Waals surface area (Å²) in [6.07, 6.45) is 3.51. The Balaban J connectivity index is 1.64. The van der Waals surface area contributed by atoms with E-state index in [2.05, 4.69) is 4.90 Å². The van der Waals surface area contributed by atoms with Gasteiger partial charge in [-0.3, -0.25) is 4.79 Å². The number of hydrogen-bond acceptors (Lipinski definition) is 5. The molecule has 2 aliphatic heterocycles. The molecule has 0 radical (unpaired) electrons. The monoisotopic (exact) mass is 419 g/mol. The summed E-state index contributed by atoms with van der Waals surface area (Å²) in [4.78, 5) is 15.0. The maximum atomic E-state index is 12.5. The average Bonchev–Trinajstić information content (AvgIpc) is 3.31. The van der Waals surface area contributed by atoms with E-state index < -0.39 is 15.8 Å². The van der Waals surface area contributed by atoms with Gasteiger partial charge in [-0.15, -0.1) is 0 Å². The summed E-state index contributed by atoms with van der Waals surface area (Å²) in [6.45, 7) is 2.27. The number of anilines is 1. The normalized spacial score (nSPS) is 22.5. The Morgan fingerprint density at radius 1 is 1.04 bits per heavy atom. The minimum Gasteiger partial charge on any atom is -0.465 e. The number of carbonyl (C=O) groups is 1. The summed E-state index contributed by atoms with van der Waals surface area (Å²) in [7, 11) is -3.26. The topological polar surface area (TPSA) is 63.7 Å². The van der Waals surface area contributed by atoms with E-state index in [0.29, 0.717) is 5.02 Å². The van der Waals surface area contributed by atoms with Crippen molar-refractivity contribution in [2.45, 2.75) is 29.6 Å². The van der Waals surface area contributed by atoms with Crippen LogP contribution in [0, 0.1) is 0 Å². The zero-order valence-electron chi connectivity index (χ0n) is 15.6. The molecule has 2 aromatic rings. The molecule has 2 atom stereocenters. The van der Waals surface area contributed by atoms with E-state index in [1.54, 1.807) is 24.3 Å². The summed E-state index contributed by atoms with van der Waals surface area (Å²) < 4.78 is 28.7. The molecule has 0 aromatic heterocycles. The van der Waals surface area contributed by atoms with Crippen molar-refractivity contribution in [1.29, 1.82) is 0 Å². The second-order valence-electron chi connectivity index (χ2n) is 7.46. The van der Waals surface area contributed by atoms with E-state index in [1.165, 1.54) is 19.1 Å². The second kappa shape index (κ2) is 7.41. The Labute approximate surface area is 170 Å². The highest BCUT2D eigenvalue weighted by Gasteiger charge is 2.39. The number of nitrogens with zero attached hydrogens (tertiary/aromatic N) is 1. The molecule has 0 spiro atoms. The average molecular weight is 420 g/mol. The van der Waals surface area contributed by atoms with Gasteiger partial charge >= 0.3 is 5.97 Å². The maximum absolute atomic E-state index is 12.5. The van der Waals surface area contributed by atoms with Gasteiger partial charge in [0.25, 0.3) is 0 Å². The second-order valence-corrected chi connectivity index (χ2v) is 9.88.